The van der Waals surface area contributed by atoms with Gasteiger partial charge in [0.25, 0.3) is 0 Å². The van der Waals surface area contributed by atoms with Gasteiger partial charge >= 0.3 is 5.97 Å². The zero-order chi connectivity index (χ0) is 22.1. The molecular weight excluding hydrogens is 380 g/mol. The van der Waals surface area contributed by atoms with Crippen molar-refractivity contribution in [1.82, 2.24) is 0 Å². The second kappa shape index (κ2) is 11.2. The Morgan fingerprint density at radius 1 is 1.23 bits per heavy atom. The molecule has 1 aliphatic rings. The number of unbranched alkanes of at least 4 members (excludes halogenated alkanes) is 1. The number of esters is 1. The fourth-order valence-corrected chi connectivity index (χ4v) is 4.01. The Bertz CT molecular complexity index is 750. The molecule has 1 aromatic carbocycles. The Balaban J connectivity index is 1.98. The van der Waals surface area contributed by atoms with E-state index in [0.717, 1.165) is 12.0 Å². The maximum atomic E-state index is 12.9. The van der Waals surface area contributed by atoms with Crippen molar-refractivity contribution in [2.75, 3.05) is 7.11 Å². The van der Waals surface area contributed by atoms with Crippen molar-refractivity contribution >= 4 is 11.8 Å². The predicted molar refractivity (Wildman–Crippen MR) is 117 cm³/mol. The molecule has 0 unspecified atom stereocenters. The number of ether oxygens (including phenoxy) is 1. The van der Waals surface area contributed by atoms with Gasteiger partial charge in [-0.25, -0.2) is 0 Å². The molecule has 0 aromatic heterocycles. The Labute approximate surface area is 179 Å². The van der Waals surface area contributed by atoms with E-state index in [4.69, 9.17) is 0 Å². The van der Waals surface area contributed by atoms with E-state index in [-0.39, 0.29) is 23.6 Å². The average Bonchev–Trinajstić information content (AvgIpc) is 2.89. The molecule has 0 spiro atoms. The minimum atomic E-state index is -0.817. The number of hydrogen-bond acceptors (Lipinski definition) is 5. The summed E-state index contributed by atoms with van der Waals surface area (Å²) in [5.41, 5.74) is 0.215. The van der Waals surface area contributed by atoms with Gasteiger partial charge in [-0.3, -0.25) is 9.59 Å². The molecule has 30 heavy (non-hydrogen) atoms. The lowest BCUT2D eigenvalue weighted by Crippen LogP contribution is -2.31. The number of benzene rings is 1. The van der Waals surface area contributed by atoms with E-state index in [1.54, 1.807) is 26.0 Å². The quantitative estimate of drug-likeness (QED) is 0.347. The average molecular weight is 415 g/mol. The lowest BCUT2D eigenvalue weighted by molar-refractivity contribution is -0.140. The van der Waals surface area contributed by atoms with E-state index >= 15 is 0 Å². The monoisotopic (exact) mass is 414 g/mol. The Morgan fingerprint density at radius 2 is 1.93 bits per heavy atom. The molecule has 4 atom stereocenters. The molecule has 1 fully saturated rings. The number of aliphatic hydroxyl groups is 2. The molecule has 5 nitrogen and oxygen atoms in total. The Kier molecular flexibility index (Phi) is 9.00. The second-order valence-electron chi connectivity index (χ2n) is 8.53. The fourth-order valence-electron chi connectivity index (χ4n) is 4.01. The number of Topliss-reactive ketones (excluding diaryl/α,β-unsaturated/α-hetero) is 1. The van der Waals surface area contributed by atoms with Gasteiger partial charge in [0, 0.05) is 24.7 Å². The normalized spacial score (nSPS) is 24.6. The zero-order valence-electron chi connectivity index (χ0n) is 18.2. The molecule has 1 saturated carbocycles. The summed E-state index contributed by atoms with van der Waals surface area (Å²) >= 11 is 0. The highest BCUT2D eigenvalue weighted by atomic mass is 16.5. The number of aliphatic hydroxyl groups excluding tert-OH is 2. The zero-order valence-corrected chi connectivity index (χ0v) is 18.2. The van der Waals surface area contributed by atoms with Gasteiger partial charge < -0.3 is 14.9 Å². The smallest absolute Gasteiger partial charge is 0.305 e. The van der Waals surface area contributed by atoms with Crippen LogP contribution in [0.2, 0.25) is 0 Å². The minimum absolute atomic E-state index is 0.0430. The minimum Gasteiger partial charge on any atom is -0.469 e. The van der Waals surface area contributed by atoms with Crippen molar-refractivity contribution in [3.63, 3.8) is 0 Å². The van der Waals surface area contributed by atoms with Crippen LogP contribution in [0.25, 0.3) is 0 Å². The molecule has 0 heterocycles. The summed E-state index contributed by atoms with van der Waals surface area (Å²) < 4.78 is 4.62. The van der Waals surface area contributed by atoms with Crippen molar-refractivity contribution < 1.29 is 24.5 Å². The van der Waals surface area contributed by atoms with Gasteiger partial charge in [0.2, 0.25) is 0 Å². The standard InChI is InChI=1S/C25H34O5/c1-25(2)23(28)20(13-9-4-5-10-14-22(27)30-3)21(24(25)29)16-15-19(26)17-18-11-7-6-8-12-18/h4,6-9,11-12,15-16,19-21,24,26,29H,5,10,13-14,17H2,1-3H3/b9-4-,16-15+/t19-,20-,21-,24+/m1/s1. The number of methoxy groups -OCH3 is 1. The van der Waals surface area contributed by atoms with E-state index < -0.39 is 17.6 Å². The topological polar surface area (TPSA) is 83.8 Å². The SMILES string of the molecule is COC(=O)CCC/C=C\C[C@H]1C(=O)C(C)(C)[C@@H](O)[C@@H]1/C=C/[C@@H](O)Cc1ccccc1. The van der Waals surface area contributed by atoms with Gasteiger partial charge in [0.05, 0.1) is 24.7 Å². The number of rotatable bonds is 10. The van der Waals surface area contributed by atoms with Gasteiger partial charge in [-0.2, -0.15) is 0 Å². The van der Waals surface area contributed by atoms with Crippen LogP contribution < -0.4 is 0 Å². The Hall–Kier alpha value is -2.24. The molecule has 164 valence electrons. The maximum absolute atomic E-state index is 12.9. The fraction of sp³-hybridized carbons (Fsp3) is 0.520. The van der Waals surface area contributed by atoms with Crippen LogP contribution in [0.15, 0.2) is 54.6 Å². The van der Waals surface area contributed by atoms with E-state index in [9.17, 15) is 19.8 Å². The predicted octanol–water partition coefficient (Wildman–Crippen LogP) is 3.64. The first-order valence-corrected chi connectivity index (χ1v) is 10.6. The number of ketones is 1. The third-order valence-electron chi connectivity index (χ3n) is 5.92. The highest BCUT2D eigenvalue weighted by Crippen LogP contribution is 2.44. The van der Waals surface area contributed by atoms with Crippen LogP contribution in [-0.2, 0) is 20.7 Å². The molecule has 0 saturated heterocycles. The largest absolute Gasteiger partial charge is 0.469 e. The first kappa shape index (κ1) is 24.0. The lowest BCUT2D eigenvalue weighted by atomic mass is 9.86. The van der Waals surface area contributed by atoms with Gasteiger partial charge in [0.15, 0.2) is 0 Å². The molecule has 0 aliphatic heterocycles. The van der Waals surface area contributed by atoms with Crippen molar-refractivity contribution in [2.24, 2.45) is 17.3 Å². The molecule has 0 radical (unpaired) electrons. The van der Waals surface area contributed by atoms with Crippen LogP contribution >= 0.6 is 0 Å². The third kappa shape index (κ3) is 6.38. The first-order chi connectivity index (χ1) is 14.3. The molecule has 2 N–H and O–H groups in total. The summed E-state index contributed by atoms with van der Waals surface area (Å²) in [4.78, 5) is 24.0. The lowest BCUT2D eigenvalue weighted by Gasteiger charge is -2.22. The molecule has 5 heteroatoms. The summed E-state index contributed by atoms with van der Waals surface area (Å²) in [5.74, 6) is -0.843. The van der Waals surface area contributed by atoms with Crippen LogP contribution in [0, 0.1) is 17.3 Å². The molecule has 0 bridgehead atoms. The van der Waals surface area contributed by atoms with Crippen LogP contribution in [0.5, 0.6) is 0 Å². The van der Waals surface area contributed by atoms with E-state index in [1.807, 2.05) is 42.5 Å². The number of allylic oxidation sites excluding steroid dienone is 2. The van der Waals surface area contributed by atoms with Crippen LogP contribution in [0.4, 0.5) is 0 Å². The van der Waals surface area contributed by atoms with Gasteiger partial charge in [-0.15, -0.1) is 0 Å². The number of carbonyl (C=O) groups is 2. The highest BCUT2D eigenvalue weighted by Gasteiger charge is 2.52. The van der Waals surface area contributed by atoms with Crippen molar-refractivity contribution in [1.29, 1.82) is 0 Å². The van der Waals surface area contributed by atoms with Crippen molar-refractivity contribution in [3.8, 4) is 0 Å². The van der Waals surface area contributed by atoms with Gasteiger partial charge in [-0.1, -0.05) is 68.5 Å². The maximum Gasteiger partial charge on any atom is 0.305 e. The molecular formula is C25H34O5. The second-order valence-corrected chi connectivity index (χ2v) is 8.53. The van der Waals surface area contributed by atoms with E-state index in [1.165, 1.54) is 7.11 Å². The van der Waals surface area contributed by atoms with Crippen molar-refractivity contribution in [3.05, 3.63) is 60.2 Å². The summed E-state index contributed by atoms with van der Waals surface area (Å²) in [6, 6.07) is 9.72. The van der Waals surface area contributed by atoms with E-state index in [0.29, 0.717) is 25.7 Å². The van der Waals surface area contributed by atoms with Crippen LogP contribution in [0.1, 0.15) is 45.1 Å². The van der Waals surface area contributed by atoms with Crippen molar-refractivity contribution in [2.45, 2.75) is 58.2 Å². The summed E-state index contributed by atoms with van der Waals surface area (Å²) in [6.45, 7) is 3.56. The first-order valence-electron chi connectivity index (χ1n) is 10.6. The number of carbonyl (C=O) groups excluding carboxylic acids is 2. The molecule has 1 aliphatic carbocycles. The summed E-state index contributed by atoms with van der Waals surface area (Å²) in [6.07, 6.45) is 8.79. The summed E-state index contributed by atoms with van der Waals surface area (Å²) in [7, 11) is 1.38. The molecule has 1 aromatic rings. The molecule has 2 rings (SSSR count). The van der Waals surface area contributed by atoms with Gasteiger partial charge in [-0.05, 0) is 24.8 Å². The van der Waals surface area contributed by atoms with Crippen LogP contribution in [0.3, 0.4) is 0 Å². The summed E-state index contributed by atoms with van der Waals surface area (Å²) in [5, 5.41) is 21.1. The highest BCUT2D eigenvalue weighted by molar-refractivity contribution is 5.90. The molecule has 0 amide bonds. The van der Waals surface area contributed by atoms with Gasteiger partial charge in [0.1, 0.15) is 5.78 Å². The van der Waals surface area contributed by atoms with Crippen LogP contribution in [-0.4, -0.2) is 41.3 Å². The van der Waals surface area contributed by atoms with E-state index in [2.05, 4.69) is 4.74 Å². The Morgan fingerprint density at radius 3 is 2.60 bits per heavy atom. The number of hydrogen-bond donors (Lipinski definition) is 2. The third-order valence-corrected chi connectivity index (χ3v) is 5.92.